The van der Waals surface area contributed by atoms with Crippen LogP contribution in [0.4, 0.5) is 10.7 Å². The van der Waals surface area contributed by atoms with Crippen LogP contribution in [0.15, 0.2) is 41.5 Å². The molecule has 3 N–H and O–H groups in total. The number of ether oxygens (including phenoxy) is 1. The fourth-order valence-electron chi connectivity index (χ4n) is 6.85. The lowest BCUT2D eigenvalue weighted by Gasteiger charge is -2.34. The van der Waals surface area contributed by atoms with Crippen molar-refractivity contribution in [3.05, 3.63) is 74.8 Å². The van der Waals surface area contributed by atoms with E-state index in [4.69, 9.17) is 14.9 Å². The highest BCUT2D eigenvalue weighted by atomic mass is 16.6. The highest BCUT2D eigenvalue weighted by molar-refractivity contribution is 5.93. The van der Waals surface area contributed by atoms with E-state index in [0.717, 1.165) is 16.5 Å². The Morgan fingerprint density at radius 1 is 1.04 bits per heavy atom. The van der Waals surface area contributed by atoms with Crippen LogP contribution in [0.1, 0.15) is 59.3 Å². The zero-order valence-electron chi connectivity index (χ0n) is 25.9. The monoisotopic (exact) mass is 639 g/mol. The number of piperazine rings is 1. The molecule has 2 aliphatic heterocycles. The summed E-state index contributed by atoms with van der Waals surface area (Å²) < 4.78 is 7.58. The number of anilines is 1. The fraction of sp³-hybridized carbons (Fsp3) is 0.364. The first-order chi connectivity index (χ1) is 22.7. The predicted molar refractivity (Wildman–Crippen MR) is 169 cm³/mol. The summed E-state index contributed by atoms with van der Waals surface area (Å²) in [6.07, 6.45) is 3.36. The van der Waals surface area contributed by atoms with Crippen molar-refractivity contribution < 1.29 is 29.4 Å². The van der Waals surface area contributed by atoms with Gasteiger partial charge in [-0.15, -0.1) is 0 Å². The van der Waals surface area contributed by atoms with E-state index in [0.29, 0.717) is 85.3 Å². The molecule has 3 aliphatic rings. The van der Waals surface area contributed by atoms with E-state index in [9.17, 15) is 24.3 Å². The minimum Gasteiger partial charge on any atom is -0.410 e. The van der Waals surface area contributed by atoms with Gasteiger partial charge < -0.3 is 24.2 Å². The smallest absolute Gasteiger partial charge is 0.410 e. The number of hydrogen-bond acceptors (Lipinski definition) is 11. The number of nitrogens with one attached hydrogen (secondary N) is 1. The molecular formula is C33H33N7O7. The van der Waals surface area contributed by atoms with Gasteiger partial charge in [-0.2, -0.15) is 0 Å². The van der Waals surface area contributed by atoms with Crippen LogP contribution in [0.5, 0.6) is 5.75 Å². The minimum atomic E-state index is -1.68. The second-order valence-electron chi connectivity index (χ2n) is 12.0. The molecule has 0 radical (unpaired) electrons. The number of carbonyl (C=O) groups excluding carboxylic acids is 3. The van der Waals surface area contributed by atoms with E-state index in [1.165, 1.54) is 12.4 Å². The molecule has 14 nitrogen and oxygen atoms in total. The van der Waals surface area contributed by atoms with Crippen LogP contribution < -0.4 is 20.7 Å². The van der Waals surface area contributed by atoms with Gasteiger partial charge in [0.15, 0.2) is 5.78 Å². The molecular weight excluding hydrogens is 606 g/mol. The third-order valence-electron chi connectivity index (χ3n) is 9.51. The maximum atomic E-state index is 13.6. The molecule has 1 saturated heterocycles. The summed E-state index contributed by atoms with van der Waals surface area (Å²) in [5.74, 6) is -0.125. The van der Waals surface area contributed by atoms with Crippen LogP contribution in [0.2, 0.25) is 0 Å². The number of aromatic nitrogens is 4. The maximum Gasteiger partial charge on any atom is 0.415 e. The molecule has 0 unspecified atom stereocenters. The number of amides is 2. The molecule has 0 saturated carbocycles. The molecule has 14 heteroatoms. The van der Waals surface area contributed by atoms with Gasteiger partial charge in [0.1, 0.15) is 11.4 Å². The molecule has 242 valence electrons. The number of hydrogen-bond donors (Lipinski definition) is 3. The minimum absolute atomic E-state index is 0.125. The molecule has 1 fully saturated rings. The Hall–Kier alpha value is -5.21. The first-order valence-corrected chi connectivity index (χ1v) is 15.6. The number of rotatable bonds is 5. The van der Waals surface area contributed by atoms with Crippen LogP contribution in [0.3, 0.4) is 0 Å². The second-order valence-corrected chi connectivity index (χ2v) is 12.0. The van der Waals surface area contributed by atoms with E-state index >= 15 is 0 Å². The highest BCUT2D eigenvalue weighted by Gasteiger charge is 2.43. The van der Waals surface area contributed by atoms with Gasteiger partial charge in [0, 0.05) is 72.6 Å². The molecule has 0 spiro atoms. The van der Waals surface area contributed by atoms with Gasteiger partial charge in [-0.25, -0.2) is 25.2 Å². The van der Waals surface area contributed by atoms with E-state index in [1.54, 1.807) is 40.1 Å². The van der Waals surface area contributed by atoms with Crippen molar-refractivity contribution in [1.82, 2.24) is 29.9 Å². The first-order valence-electron chi connectivity index (χ1n) is 15.6. The Kier molecular flexibility index (Phi) is 7.48. The summed E-state index contributed by atoms with van der Waals surface area (Å²) in [4.78, 5) is 67.9. The SMILES string of the molecule is CCc1c(OC(=O)N2CCN(c3ncc(C(=O)NO)cn3)CC2)ccc2nc3c(cc12)Cn1c-3cc2c(c1=O)CCC(=O)[C@]2(O)CC. The number of ketones is 1. The van der Waals surface area contributed by atoms with Crippen LogP contribution in [-0.4, -0.2) is 78.7 Å². The average Bonchev–Trinajstić information content (AvgIpc) is 3.46. The maximum absolute atomic E-state index is 13.6. The van der Waals surface area contributed by atoms with Crippen molar-refractivity contribution in [3.63, 3.8) is 0 Å². The zero-order chi connectivity index (χ0) is 33.0. The number of carbonyl (C=O) groups is 3. The predicted octanol–water partition coefficient (Wildman–Crippen LogP) is 2.33. The molecule has 1 aliphatic carbocycles. The van der Waals surface area contributed by atoms with Crippen molar-refractivity contribution in [2.75, 3.05) is 31.1 Å². The van der Waals surface area contributed by atoms with Crippen molar-refractivity contribution in [2.24, 2.45) is 0 Å². The van der Waals surface area contributed by atoms with Gasteiger partial charge in [0.2, 0.25) is 5.95 Å². The first kappa shape index (κ1) is 30.4. The normalized spacial score (nSPS) is 18.5. The molecule has 4 aromatic rings. The molecule has 7 rings (SSSR count). The lowest BCUT2D eigenvalue weighted by Crippen LogP contribution is -2.50. The van der Waals surface area contributed by atoms with Crippen LogP contribution in [0.25, 0.3) is 22.3 Å². The van der Waals surface area contributed by atoms with E-state index in [2.05, 4.69) is 9.97 Å². The van der Waals surface area contributed by atoms with Crippen molar-refractivity contribution in [3.8, 4) is 17.1 Å². The highest BCUT2D eigenvalue weighted by Crippen LogP contribution is 2.40. The quantitative estimate of drug-likeness (QED) is 0.190. The number of pyridine rings is 2. The number of benzene rings is 1. The third-order valence-corrected chi connectivity index (χ3v) is 9.51. The summed E-state index contributed by atoms with van der Waals surface area (Å²) >= 11 is 0. The molecule has 1 atom stereocenters. The van der Waals surface area contributed by atoms with E-state index < -0.39 is 17.6 Å². The summed E-state index contributed by atoms with van der Waals surface area (Å²) in [6, 6.07) is 7.27. The number of nitrogens with zero attached hydrogens (tertiary/aromatic N) is 6. The van der Waals surface area contributed by atoms with Gasteiger partial charge in [-0.3, -0.25) is 19.6 Å². The summed E-state index contributed by atoms with van der Waals surface area (Å²) in [7, 11) is 0. The number of hydroxylamine groups is 1. The standard InChI is InChI=1S/C33H33N7O7/c1-3-20-22-13-18-17-40-25(14-23-21(30(40)43)5-8-27(41)33(23,45)4-2)28(18)36-24(22)6-7-26(20)47-32(44)39-11-9-38(10-12-39)31-34-15-19(16-35-31)29(42)37-46/h6-7,13-16,45-46H,3-5,8-12,17H2,1-2H3,(H,37,42)/t33-/m0/s1. The Morgan fingerprint density at radius 3 is 2.47 bits per heavy atom. The van der Waals surface area contributed by atoms with Crippen LogP contribution >= 0.6 is 0 Å². The summed E-state index contributed by atoms with van der Waals surface area (Å²) in [6.45, 7) is 5.71. The topological polar surface area (TPSA) is 180 Å². The molecule has 2 amide bonds. The Labute approximate surface area is 268 Å². The van der Waals surface area contributed by atoms with Crippen LogP contribution in [-0.2, 0) is 29.8 Å². The Balaban J connectivity index is 1.12. The zero-order valence-corrected chi connectivity index (χ0v) is 25.9. The van der Waals surface area contributed by atoms with Gasteiger partial charge in [0.05, 0.1) is 29.0 Å². The Morgan fingerprint density at radius 2 is 1.79 bits per heavy atom. The lowest BCUT2D eigenvalue weighted by atomic mass is 9.77. The van der Waals surface area contributed by atoms with Gasteiger partial charge >= 0.3 is 6.09 Å². The number of aryl methyl sites for hydroxylation is 1. The van der Waals surface area contributed by atoms with E-state index in [1.807, 2.05) is 17.9 Å². The van der Waals surface area contributed by atoms with E-state index in [-0.39, 0.29) is 29.7 Å². The average molecular weight is 640 g/mol. The number of fused-ring (bicyclic) bond motifs is 5. The molecule has 0 bridgehead atoms. The number of Topliss-reactive ketones (excluding diaryl/α,β-unsaturated/α-hetero) is 1. The molecule has 47 heavy (non-hydrogen) atoms. The van der Waals surface area contributed by atoms with Gasteiger partial charge in [-0.1, -0.05) is 13.8 Å². The molecule has 1 aromatic carbocycles. The molecule has 5 heterocycles. The summed E-state index contributed by atoms with van der Waals surface area (Å²) in [5.41, 5.74) is 4.20. The second kappa shape index (κ2) is 11.5. The summed E-state index contributed by atoms with van der Waals surface area (Å²) in [5, 5.41) is 20.8. The molecule has 3 aromatic heterocycles. The van der Waals surface area contributed by atoms with Crippen LogP contribution in [0, 0.1) is 0 Å². The fourth-order valence-corrected chi connectivity index (χ4v) is 6.85. The van der Waals surface area contributed by atoms with Crippen molar-refractivity contribution in [1.29, 1.82) is 0 Å². The van der Waals surface area contributed by atoms with Gasteiger partial charge in [-0.05, 0) is 43.5 Å². The Bertz CT molecular complexity index is 2020. The van der Waals surface area contributed by atoms with Crippen molar-refractivity contribution >= 4 is 34.6 Å². The van der Waals surface area contributed by atoms with Gasteiger partial charge in [0.25, 0.3) is 11.5 Å². The number of aliphatic hydroxyl groups is 1. The largest absolute Gasteiger partial charge is 0.415 e. The third kappa shape index (κ3) is 4.91. The van der Waals surface area contributed by atoms with Crippen molar-refractivity contribution in [2.45, 2.75) is 51.7 Å². The lowest BCUT2D eigenvalue weighted by molar-refractivity contribution is -0.140.